The summed E-state index contributed by atoms with van der Waals surface area (Å²) in [5.41, 5.74) is 0.821. The highest BCUT2D eigenvalue weighted by atomic mass is 16.6. The standard InChI is InChI=1S/C8H8N2O3/c1-13-9-6-7-2-4-8(5-3-7)10(11)12/h2-6H,1H3. The number of benzene rings is 1. The fourth-order valence-corrected chi connectivity index (χ4v) is 0.796. The Hall–Kier alpha value is -1.91. The number of non-ortho nitro benzene ring substituents is 1. The van der Waals surface area contributed by atoms with Crippen molar-refractivity contribution >= 4 is 11.9 Å². The minimum absolute atomic E-state index is 0.0644. The van der Waals surface area contributed by atoms with Crippen molar-refractivity contribution < 1.29 is 9.76 Å². The molecule has 1 aromatic rings. The SMILES string of the molecule is CON=Cc1ccc([N+](=O)[O-])cc1. The van der Waals surface area contributed by atoms with Crippen molar-refractivity contribution in [2.45, 2.75) is 0 Å². The van der Waals surface area contributed by atoms with Crippen LogP contribution < -0.4 is 0 Å². The van der Waals surface area contributed by atoms with Crippen molar-refractivity contribution in [3.05, 3.63) is 39.9 Å². The molecule has 0 aliphatic carbocycles. The topological polar surface area (TPSA) is 64.7 Å². The van der Waals surface area contributed by atoms with Gasteiger partial charge in [0.1, 0.15) is 7.11 Å². The van der Waals surface area contributed by atoms with Crippen LogP contribution in [0.1, 0.15) is 5.56 Å². The molecular weight excluding hydrogens is 172 g/mol. The van der Waals surface area contributed by atoms with Crippen LogP contribution in [-0.4, -0.2) is 18.2 Å². The van der Waals surface area contributed by atoms with Gasteiger partial charge in [0.05, 0.1) is 11.1 Å². The molecule has 0 radical (unpaired) electrons. The van der Waals surface area contributed by atoms with E-state index < -0.39 is 4.92 Å². The number of rotatable bonds is 3. The van der Waals surface area contributed by atoms with Crippen LogP contribution in [0.15, 0.2) is 29.4 Å². The van der Waals surface area contributed by atoms with Gasteiger partial charge in [0.15, 0.2) is 0 Å². The van der Waals surface area contributed by atoms with Crippen molar-refractivity contribution in [3.63, 3.8) is 0 Å². The van der Waals surface area contributed by atoms with Gasteiger partial charge in [0.2, 0.25) is 0 Å². The number of nitrogens with zero attached hydrogens (tertiary/aromatic N) is 2. The molecule has 13 heavy (non-hydrogen) atoms. The highest BCUT2D eigenvalue weighted by molar-refractivity contribution is 5.79. The summed E-state index contributed by atoms with van der Waals surface area (Å²) in [5, 5.41) is 13.8. The van der Waals surface area contributed by atoms with Gasteiger partial charge in [-0.15, -0.1) is 0 Å². The van der Waals surface area contributed by atoms with Crippen LogP contribution in [0.25, 0.3) is 0 Å². The first-order valence-electron chi connectivity index (χ1n) is 3.55. The van der Waals surface area contributed by atoms with Crippen molar-refractivity contribution in [2.24, 2.45) is 5.16 Å². The minimum atomic E-state index is -0.447. The molecule has 0 aliphatic heterocycles. The normalized spacial score (nSPS) is 10.2. The highest BCUT2D eigenvalue weighted by Gasteiger charge is 2.02. The zero-order valence-electron chi connectivity index (χ0n) is 7.01. The average molecular weight is 180 g/mol. The summed E-state index contributed by atoms with van der Waals surface area (Å²) in [6.07, 6.45) is 1.48. The van der Waals surface area contributed by atoms with Crippen molar-refractivity contribution in [1.82, 2.24) is 0 Å². The lowest BCUT2D eigenvalue weighted by Crippen LogP contribution is -1.88. The number of nitro groups is 1. The molecular formula is C8H8N2O3. The Labute approximate surface area is 74.8 Å². The van der Waals surface area contributed by atoms with Gasteiger partial charge in [-0.1, -0.05) is 5.16 Å². The van der Waals surface area contributed by atoms with Gasteiger partial charge in [-0.05, 0) is 17.7 Å². The second-order valence-electron chi connectivity index (χ2n) is 2.27. The fourth-order valence-electron chi connectivity index (χ4n) is 0.796. The lowest BCUT2D eigenvalue weighted by atomic mass is 10.2. The first-order chi connectivity index (χ1) is 6.24. The zero-order valence-corrected chi connectivity index (χ0v) is 7.01. The van der Waals surface area contributed by atoms with E-state index in [1.54, 1.807) is 12.1 Å². The zero-order chi connectivity index (χ0) is 9.68. The van der Waals surface area contributed by atoms with Crippen molar-refractivity contribution in [3.8, 4) is 0 Å². The Kier molecular flexibility index (Phi) is 2.97. The first-order valence-corrected chi connectivity index (χ1v) is 3.55. The Morgan fingerprint density at radius 2 is 2.08 bits per heavy atom. The van der Waals surface area contributed by atoms with Gasteiger partial charge in [-0.3, -0.25) is 10.1 Å². The summed E-state index contributed by atoms with van der Waals surface area (Å²) in [6, 6.07) is 6.02. The molecule has 5 heteroatoms. The van der Waals surface area contributed by atoms with E-state index in [9.17, 15) is 10.1 Å². The lowest BCUT2D eigenvalue weighted by Gasteiger charge is -1.92. The number of hydrogen-bond acceptors (Lipinski definition) is 4. The first kappa shape index (κ1) is 9.18. The highest BCUT2D eigenvalue weighted by Crippen LogP contribution is 2.10. The van der Waals surface area contributed by atoms with E-state index in [-0.39, 0.29) is 5.69 Å². The maximum absolute atomic E-state index is 10.3. The molecule has 0 fully saturated rings. The maximum Gasteiger partial charge on any atom is 0.269 e. The predicted octanol–water partition coefficient (Wildman–Crippen LogP) is 1.58. The Morgan fingerprint density at radius 3 is 2.54 bits per heavy atom. The number of oxime groups is 1. The molecule has 0 saturated heterocycles. The Bertz CT molecular complexity index is 319. The van der Waals surface area contributed by atoms with Gasteiger partial charge in [-0.25, -0.2) is 0 Å². The van der Waals surface area contributed by atoms with Crippen LogP contribution in [0.3, 0.4) is 0 Å². The third kappa shape index (κ3) is 2.55. The van der Waals surface area contributed by atoms with Crippen LogP contribution in [0.4, 0.5) is 5.69 Å². The van der Waals surface area contributed by atoms with Crippen LogP contribution in [-0.2, 0) is 4.84 Å². The van der Waals surface area contributed by atoms with Crippen LogP contribution >= 0.6 is 0 Å². The summed E-state index contributed by atoms with van der Waals surface area (Å²) >= 11 is 0. The Balaban J connectivity index is 2.81. The van der Waals surface area contributed by atoms with E-state index in [4.69, 9.17) is 0 Å². The molecule has 1 aromatic carbocycles. The van der Waals surface area contributed by atoms with Gasteiger partial charge >= 0.3 is 0 Å². The van der Waals surface area contributed by atoms with Crippen LogP contribution in [0.5, 0.6) is 0 Å². The van der Waals surface area contributed by atoms with E-state index in [0.29, 0.717) is 0 Å². The van der Waals surface area contributed by atoms with E-state index in [0.717, 1.165) is 5.56 Å². The van der Waals surface area contributed by atoms with Crippen LogP contribution in [0.2, 0.25) is 0 Å². The predicted molar refractivity (Wildman–Crippen MR) is 47.7 cm³/mol. The molecule has 0 spiro atoms. The molecule has 0 N–H and O–H groups in total. The van der Waals surface area contributed by atoms with Crippen LogP contribution in [0, 0.1) is 10.1 Å². The van der Waals surface area contributed by atoms with Gasteiger partial charge in [-0.2, -0.15) is 0 Å². The fraction of sp³-hybridized carbons (Fsp3) is 0.125. The lowest BCUT2D eigenvalue weighted by molar-refractivity contribution is -0.384. The molecule has 0 atom stereocenters. The quantitative estimate of drug-likeness (QED) is 0.403. The molecule has 0 heterocycles. The molecule has 1 rings (SSSR count). The maximum atomic E-state index is 10.3. The second-order valence-corrected chi connectivity index (χ2v) is 2.27. The third-order valence-electron chi connectivity index (χ3n) is 1.41. The third-order valence-corrected chi connectivity index (χ3v) is 1.41. The molecule has 5 nitrogen and oxygen atoms in total. The van der Waals surface area contributed by atoms with E-state index in [1.807, 2.05) is 0 Å². The van der Waals surface area contributed by atoms with Crippen molar-refractivity contribution in [1.29, 1.82) is 0 Å². The van der Waals surface area contributed by atoms with E-state index in [2.05, 4.69) is 9.99 Å². The molecule has 0 bridgehead atoms. The van der Waals surface area contributed by atoms with Crippen molar-refractivity contribution in [2.75, 3.05) is 7.11 Å². The van der Waals surface area contributed by atoms with E-state index in [1.165, 1.54) is 25.5 Å². The second kappa shape index (κ2) is 4.20. The summed E-state index contributed by atoms with van der Waals surface area (Å²) in [6.45, 7) is 0. The molecule has 0 saturated carbocycles. The van der Waals surface area contributed by atoms with Gasteiger partial charge < -0.3 is 4.84 Å². The summed E-state index contributed by atoms with van der Waals surface area (Å²) in [7, 11) is 1.43. The molecule has 0 unspecified atom stereocenters. The number of nitro benzene ring substituents is 1. The molecule has 0 amide bonds. The average Bonchev–Trinajstić information content (AvgIpc) is 2.15. The summed E-state index contributed by atoms with van der Waals surface area (Å²) in [4.78, 5) is 14.3. The Morgan fingerprint density at radius 1 is 1.46 bits per heavy atom. The van der Waals surface area contributed by atoms with Gasteiger partial charge in [0, 0.05) is 12.1 Å². The molecule has 0 aromatic heterocycles. The molecule has 0 aliphatic rings. The largest absolute Gasteiger partial charge is 0.399 e. The number of hydrogen-bond donors (Lipinski definition) is 0. The summed E-state index contributed by atoms with van der Waals surface area (Å²) < 4.78 is 0. The van der Waals surface area contributed by atoms with Gasteiger partial charge in [0.25, 0.3) is 5.69 Å². The monoisotopic (exact) mass is 180 g/mol. The summed E-state index contributed by atoms with van der Waals surface area (Å²) in [5.74, 6) is 0. The molecule has 68 valence electrons. The van der Waals surface area contributed by atoms with E-state index >= 15 is 0 Å². The minimum Gasteiger partial charge on any atom is -0.399 e. The smallest absolute Gasteiger partial charge is 0.269 e.